The van der Waals surface area contributed by atoms with E-state index in [0.29, 0.717) is 37.9 Å². The first-order chi connectivity index (χ1) is 14.4. The fraction of sp³-hybridized carbons (Fsp3) is 0.636. The Morgan fingerprint density at radius 2 is 1.63 bits per heavy atom. The molecule has 0 atom stereocenters. The zero-order valence-electron chi connectivity index (χ0n) is 17.1. The van der Waals surface area contributed by atoms with Crippen molar-refractivity contribution in [3.05, 3.63) is 42.0 Å². The highest BCUT2D eigenvalue weighted by molar-refractivity contribution is 5.28. The second-order valence-electron chi connectivity index (χ2n) is 7.63. The first kappa shape index (κ1) is 23.1. The predicted molar refractivity (Wildman–Crippen MR) is 104 cm³/mol. The Morgan fingerprint density at radius 3 is 2.23 bits per heavy atom. The molecule has 0 bridgehead atoms. The summed E-state index contributed by atoms with van der Waals surface area (Å²) < 4.78 is 63.7. The molecule has 2 fully saturated rings. The minimum atomic E-state index is -4.70. The molecule has 2 aliphatic rings. The summed E-state index contributed by atoms with van der Waals surface area (Å²) in [5.74, 6) is 0.279. The number of rotatable bonds is 8. The highest BCUT2D eigenvalue weighted by Crippen LogP contribution is 2.30. The number of halogens is 3. The average molecular weight is 430 g/mol. The van der Waals surface area contributed by atoms with Gasteiger partial charge < -0.3 is 23.7 Å². The molecule has 0 spiro atoms. The van der Waals surface area contributed by atoms with Crippen LogP contribution in [0.1, 0.15) is 44.5 Å². The molecule has 8 heteroatoms. The van der Waals surface area contributed by atoms with Crippen molar-refractivity contribution in [2.45, 2.75) is 51.5 Å². The summed E-state index contributed by atoms with van der Waals surface area (Å²) in [6.45, 7) is 4.54. The van der Waals surface area contributed by atoms with E-state index in [-0.39, 0.29) is 18.0 Å². The Bertz CT molecular complexity index is 646. The fourth-order valence-corrected chi connectivity index (χ4v) is 3.39. The lowest BCUT2D eigenvalue weighted by molar-refractivity contribution is -0.274. The van der Waals surface area contributed by atoms with Crippen molar-refractivity contribution in [3.8, 4) is 5.75 Å². The zero-order valence-corrected chi connectivity index (χ0v) is 17.1. The van der Waals surface area contributed by atoms with E-state index in [1.54, 1.807) is 0 Å². The van der Waals surface area contributed by atoms with Crippen LogP contribution in [-0.4, -0.2) is 39.1 Å². The number of allylic oxidation sites excluding steroid dienone is 1. The van der Waals surface area contributed by atoms with Crippen molar-refractivity contribution in [1.29, 1.82) is 0 Å². The fourth-order valence-electron chi connectivity index (χ4n) is 3.39. The molecule has 3 rings (SSSR count). The van der Waals surface area contributed by atoms with Crippen molar-refractivity contribution < 1.29 is 36.9 Å². The van der Waals surface area contributed by atoms with Gasteiger partial charge in [-0.3, -0.25) is 0 Å². The van der Waals surface area contributed by atoms with Gasteiger partial charge in [0.25, 0.3) is 0 Å². The van der Waals surface area contributed by atoms with Crippen LogP contribution in [-0.2, 0) is 18.9 Å². The minimum Gasteiger partial charge on any atom is -0.406 e. The third-order valence-electron chi connectivity index (χ3n) is 5.02. The summed E-state index contributed by atoms with van der Waals surface area (Å²) in [7, 11) is 0. The van der Waals surface area contributed by atoms with Crippen LogP contribution in [0.15, 0.2) is 36.4 Å². The maximum absolute atomic E-state index is 12.2. The third kappa shape index (κ3) is 7.58. The third-order valence-corrected chi connectivity index (χ3v) is 5.02. The predicted octanol–water partition coefficient (Wildman–Crippen LogP) is 5.37. The van der Waals surface area contributed by atoms with E-state index in [1.165, 1.54) is 24.3 Å². The van der Waals surface area contributed by atoms with E-state index in [9.17, 15) is 13.2 Å². The van der Waals surface area contributed by atoms with Crippen LogP contribution in [0.25, 0.3) is 0 Å². The Hall–Kier alpha value is -1.61. The monoisotopic (exact) mass is 430 g/mol. The molecule has 0 radical (unpaired) electrons. The second-order valence-corrected chi connectivity index (χ2v) is 7.63. The normalized spacial score (nSPS) is 28.0. The molecule has 1 aromatic carbocycles. The van der Waals surface area contributed by atoms with Gasteiger partial charge in [-0.2, -0.15) is 0 Å². The molecule has 0 saturated carbocycles. The number of hydrogen-bond acceptors (Lipinski definition) is 5. The highest BCUT2D eigenvalue weighted by atomic mass is 19.4. The lowest BCUT2D eigenvalue weighted by atomic mass is 10.0. The Labute approximate surface area is 175 Å². The topological polar surface area (TPSA) is 46.2 Å². The summed E-state index contributed by atoms with van der Waals surface area (Å²) in [5, 5.41) is 0. The van der Waals surface area contributed by atoms with E-state index in [0.717, 1.165) is 25.7 Å². The van der Waals surface area contributed by atoms with Crippen LogP contribution in [0, 0.1) is 11.8 Å². The van der Waals surface area contributed by atoms with Gasteiger partial charge in [-0.25, -0.2) is 0 Å². The number of ether oxygens (including phenoxy) is 5. The van der Waals surface area contributed by atoms with Crippen LogP contribution >= 0.6 is 0 Å². The largest absolute Gasteiger partial charge is 0.573 e. The van der Waals surface area contributed by atoms with Gasteiger partial charge in [0.05, 0.1) is 26.4 Å². The van der Waals surface area contributed by atoms with Crippen molar-refractivity contribution in [2.24, 2.45) is 11.8 Å². The first-order valence-corrected chi connectivity index (χ1v) is 10.4. The smallest absolute Gasteiger partial charge is 0.406 e. The molecule has 0 aromatic heterocycles. The molecular weight excluding hydrogens is 401 g/mol. The van der Waals surface area contributed by atoms with E-state index in [4.69, 9.17) is 18.9 Å². The number of unbranched alkanes of at least 4 members (excludes halogenated alkanes) is 1. The van der Waals surface area contributed by atoms with E-state index in [1.807, 2.05) is 0 Å². The molecule has 168 valence electrons. The molecule has 0 aliphatic carbocycles. The lowest BCUT2D eigenvalue weighted by Gasteiger charge is -2.32. The van der Waals surface area contributed by atoms with Crippen LogP contribution < -0.4 is 4.74 Å². The van der Waals surface area contributed by atoms with Gasteiger partial charge in [-0.15, -0.1) is 13.2 Å². The van der Waals surface area contributed by atoms with Gasteiger partial charge >= 0.3 is 6.36 Å². The molecule has 2 heterocycles. The van der Waals surface area contributed by atoms with Crippen LogP contribution in [0.4, 0.5) is 13.2 Å². The first-order valence-electron chi connectivity index (χ1n) is 10.4. The van der Waals surface area contributed by atoms with Crippen molar-refractivity contribution in [2.75, 3.05) is 26.4 Å². The van der Waals surface area contributed by atoms with Gasteiger partial charge in [-0.05, 0) is 31.4 Å². The molecule has 0 amide bonds. The molecule has 30 heavy (non-hydrogen) atoms. The quantitative estimate of drug-likeness (QED) is 0.519. The standard InChI is InChI=1S/C22H29F3O5/c1-2-3-4-5-16-12-26-20(27-13-16)11-6-17-14-28-21(29-15-17)18-7-9-19(10-8-18)30-22(23,24)25/h4-5,7-10,16-17,20-21H,2-3,6,11-15H2,1H3/b5-4+/t16-,17?,20-,21?. The lowest BCUT2D eigenvalue weighted by Crippen LogP contribution is -2.33. The van der Waals surface area contributed by atoms with E-state index in [2.05, 4.69) is 23.8 Å². The second kappa shape index (κ2) is 11.1. The Morgan fingerprint density at radius 1 is 0.967 bits per heavy atom. The maximum atomic E-state index is 12.2. The minimum absolute atomic E-state index is 0.195. The van der Waals surface area contributed by atoms with Crippen LogP contribution in [0.3, 0.4) is 0 Å². The van der Waals surface area contributed by atoms with Crippen molar-refractivity contribution >= 4 is 0 Å². The molecule has 0 N–H and O–H groups in total. The molecular formula is C22H29F3O5. The molecule has 5 nitrogen and oxygen atoms in total. The summed E-state index contributed by atoms with van der Waals surface area (Å²) >= 11 is 0. The van der Waals surface area contributed by atoms with Gasteiger partial charge in [0.1, 0.15) is 5.75 Å². The molecule has 2 aliphatic heterocycles. The maximum Gasteiger partial charge on any atom is 0.573 e. The SMILES string of the molecule is CCC/C=C/[C@H]1CO[C@H](CCC2COC(c3ccc(OC(F)(F)F)cc3)OC2)OC1. The van der Waals surface area contributed by atoms with E-state index < -0.39 is 12.7 Å². The van der Waals surface area contributed by atoms with Crippen LogP contribution in [0.5, 0.6) is 5.75 Å². The summed E-state index contributed by atoms with van der Waals surface area (Å²) in [6, 6.07) is 5.54. The highest BCUT2D eigenvalue weighted by Gasteiger charge is 2.31. The summed E-state index contributed by atoms with van der Waals surface area (Å²) in [5.41, 5.74) is 0.657. The van der Waals surface area contributed by atoms with Gasteiger partial charge in [-0.1, -0.05) is 37.6 Å². The number of alkyl halides is 3. The molecule has 1 aromatic rings. The number of benzene rings is 1. The van der Waals surface area contributed by atoms with Gasteiger partial charge in [0.2, 0.25) is 0 Å². The zero-order chi connectivity index (χ0) is 21.4. The van der Waals surface area contributed by atoms with Crippen molar-refractivity contribution in [3.63, 3.8) is 0 Å². The molecule has 0 unspecified atom stereocenters. The van der Waals surface area contributed by atoms with Gasteiger partial charge in [0, 0.05) is 17.4 Å². The van der Waals surface area contributed by atoms with Gasteiger partial charge in [0.15, 0.2) is 12.6 Å². The Kier molecular flexibility index (Phi) is 8.56. The number of hydrogen-bond donors (Lipinski definition) is 0. The van der Waals surface area contributed by atoms with Crippen molar-refractivity contribution in [1.82, 2.24) is 0 Å². The summed E-state index contributed by atoms with van der Waals surface area (Å²) in [4.78, 5) is 0. The summed E-state index contributed by atoms with van der Waals surface area (Å²) in [6.07, 6.45) is 2.71. The Balaban J connectivity index is 1.34. The average Bonchev–Trinajstić information content (AvgIpc) is 2.73. The molecule has 2 saturated heterocycles. The van der Waals surface area contributed by atoms with Crippen LogP contribution in [0.2, 0.25) is 0 Å². The van der Waals surface area contributed by atoms with E-state index >= 15 is 0 Å².